The van der Waals surface area contributed by atoms with Crippen molar-refractivity contribution in [2.24, 2.45) is 0 Å². The summed E-state index contributed by atoms with van der Waals surface area (Å²) >= 11 is 5.93. The van der Waals surface area contributed by atoms with E-state index in [9.17, 15) is 4.79 Å². The van der Waals surface area contributed by atoms with Crippen molar-refractivity contribution in [2.75, 3.05) is 6.61 Å². The first-order valence-electron chi connectivity index (χ1n) is 7.44. The van der Waals surface area contributed by atoms with Gasteiger partial charge in [0, 0.05) is 17.0 Å². The number of nitrogens with zero attached hydrogens (tertiary/aromatic N) is 3. The highest BCUT2D eigenvalue weighted by atomic mass is 35.5. The number of H-pyrrole nitrogens is 1. The summed E-state index contributed by atoms with van der Waals surface area (Å²) in [4.78, 5) is 20.1. The Kier molecular flexibility index (Phi) is 4.90. The summed E-state index contributed by atoms with van der Waals surface area (Å²) in [5.41, 5.74) is 1.48. The van der Waals surface area contributed by atoms with Crippen LogP contribution in [0, 0.1) is 0 Å². The molecule has 0 fully saturated rings. The molecule has 0 aliphatic carbocycles. The SMILES string of the molecule is CCOC(=O)CCc1oc(-c2ncn[nH]2)nc1-c1ccc(Cl)cc1. The molecular formula is C16H15ClN4O3. The first-order valence-corrected chi connectivity index (χ1v) is 7.82. The predicted octanol–water partition coefficient (Wildman–Crippen LogP) is 3.28. The van der Waals surface area contributed by atoms with Crippen LogP contribution in [0.4, 0.5) is 0 Å². The molecule has 2 aromatic heterocycles. The number of hydrogen-bond donors (Lipinski definition) is 1. The van der Waals surface area contributed by atoms with E-state index >= 15 is 0 Å². The fourth-order valence-corrected chi connectivity index (χ4v) is 2.34. The van der Waals surface area contributed by atoms with E-state index in [1.807, 2.05) is 12.1 Å². The maximum atomic E-state index is 11.6. The monoisotopic (exact) mass is 346 g/mol. The van der Waals surface area contributed by atoms with Crippen molar-refractivity contribution in [2.45, 2.75) is 19.8 Å². The van der Waals surface area contributed by atoms with Gasteiger partial charge in [-0.05, 0) is 19.1 Å². The van der Waals surface area contributed by atoms with E-state index in [-0.39, 0.29) is 12.4 Å². The number of benzene rings is 1. The van der Waals surface area contributed by atoms with Crippen molar-refractivity contribution in [3.63, 3.8) is 0 Å². The standard InChI is InChI=1S/C16H15ClN4O3/c1-2-23-13(22)8-7-12-14(10-3-5-11(17)6-4-10)20-16(24-12)15-18-9-19-21-15/h3-6,9H,2,7-8H2,1H3,(H,18,19,21). The molecule has 0 unspecified atom stereocenters. The first-order chi connectivity index (χ1) is 11.7. The quantitative estimate of drug-likeness (QED) is 0.688. The largest absolute Gasteiger partial charge is 0.466 e. The number of aromatic nitrogens is 4. The van der Waals surface area contributed by atoms with Crippen molar-refractivity contribution >= 4 is 17.6 Å². The third kappa shape index (κ3) is 3.62. The number of oxazole rings is 1. The van der Waals surface area contributed by atoms with Crippen molar-refractivity contribution in [1.29, 1.82) is 0 Å². The van der Waals surface area contributed by atoms with E-state index < -0.39 is 0 Å². The van der Waals surface area contributed by atoms with E-state index in [0.717, 1.165) is 5.56 Å². The Labute approximate surface area is 143 Å². The zero-order valence-electron chi connectivity index (χ0n) is 13.0. The maximum absolute atomic E-state index is 11.6. The predicted molar refractivity (Wildman–Crippen MR) is 87.3 cm³/mol. The zero-order valence-corrected chi connectivity index (χ0v) is 13.7. The molecule has 0 aliphatic heterocycles. The van der Waals surface area contributed by atoms with E-state index in [1.54, 1.807) is 19.1 Å². The number of nitrogens with one attached hydrogen (secondary N) is 1. The molecule has 7 nitrogen and oxygen atoms in total. The molecule has 0 saturated heterocycles. The van der Waals surface area contributed by atoms with Gasteiger partial charge in [0.25, 0.3) is 5.89 Å². The number of aromatic amines is 1. The van der Waals surface area contributed by atoms with Crippen LogP contribution in [0.3, 0.4) is 0 Å². The third-order valence-corrected chi connectivity index (χ3v) is 3.55. The molecule has 0 aliphatic rings. The van der Waals surface area contributed by atoms with Crippen LogP contribution in [0.15, 0.2) is 35.0 Å². The molecule has 0 radical (unpaired) electrons. The van der Waals surface area contributed by atoms with E-state index in [1.165, 1.54) is 6.33 Å². The Morgan fingerprint density at radius 3 is 2.79 bits per heavy atom. The number of rotatable bonds is 6. The molecule has 3 rings (SSSR count). The van der Waals surface area contributed by atoms with Gasteiger partial charge in [-0.1, -0.05) is 23.7 Å². The van der Waals surface area contributed by atoms with Gasteiger partial charge in [0.1, 0.15) is 17.8 Å². The smallest absolute Gasteiger partial charge is 0.306 e. The molecule has 1 N–H and O–H groups in total. The van der Waals surface area contributed by atoms with Crippen molar-refractivity contribution < 1.29 is 13.9 Å². The maximum Gasteiger partial charge on any atom is 0.306 e. The summed E-state index contributed by atoms with van der Waals surface area (Å²) in [5, 5.41) is 7.13. The summed E-state index contributed by atoms with van der Waals surface area (Å²) < 4.78 is 10.7. The second-order valence-electron chi connectivity index (χ2n) is 4.94. The fraction of sp³-hybridized carbons (Fsp3) is 0.250. The molecule has 24 heavy (non-hydrogen) atoms. The van der Waals surface area contributed by atoms with E-state index in [4.69, 9.17) is 20.8 Å². The van der Waals surface area contributed by atoms with Gasteiger partial charge < -0.3 is 9.15 Å². The lowest BCUT2D eigenvalue weighted by molar-refractivity contribution is -0.143. The average Bonchev–Trinajstić information content (AvgIpc) is 3.23. The van der Waals surface area contributed by atoms with E-state index in [2.05, 4.69) is 20.2 Å². The number of halogens is 1. The Morgan fingerprint density at radius 2 is 2.12 bits per heavy atom. The summed E-state index contributed by atoms with van der Waals surface area (Å²) in [6.07, 6.45) is 1.96. The van der Waals surface area contributed by atoms with Crippen LogP contribution < -0.4 is 0 Å². The highest BCUT2D eigenvalue weighted by Gasteiger charge is 2.19. The first kappa shape index (κ1) is 16.2. The normalized spacial score (nSPS) is 10.8. The molecule has 0 amide bonds. The highest BCUT2D eigenvalue weighted by Crippen LogP contribution is 2.29. The molecule has 0 atom stereocenters. The van der Waals surface area contributed by atoms with Gasteiger partial charge in [-0.3, -0.25) is 9.89 Å². The number of carbonyl (C=O) groups is 1. The van der Waals surface area contributed by atoms with Gasteiger partial charge in [0.05, 0.1) is 13.0 Å². The van der Waals surface area contributed by atoms with Gasteiger partial charge >= 0.3 is 5.97 Å². The van der Waals surface area contributed by atoms with Crippen molar-refractivity contribution in [1.82, 2.24) is 20.2 Å². The second-order valence-corrected chi connectivity index (χ2v) is 5.37. The number of esters is 1. The van der Waals surface area contributed by atoms with Gasteiger partial charge in [0.15, 0.2) is 0 Å². The Morgan fingerprint density at radius 1 is 1.33 bits per heavy atom. The minimum absolute atomic E-state index is 0.208. The second kappa shape index (κ2) is 7.27. The molecule has 8 heteroatoms. The number of carbonyl (C=O) groups excluding carboxylic acids is 1. The number of ether oxygens (including phenoxy) is 1. The van der Waals surface area contributed by atoms with Crippen LogP contribution in [-0.2, 0) is 16.0 Å². The fourth-order valence-electron chi connectivity index (χ4n) is 2.21. The topological polar surface area (TPSA) is 93.9 Å². The lowest BCUT2D eigenvalue weighted by Gasteiger charge is -2.02. The molecule has 0 spiro atoms. The average molecular weight is 347 g/mol. The summed E-state index contributed by atoms with van der Waals surface area (Å²) in [7, 11) is 0. The van der Waals surface area contributed by atoms with Crippen LogP contribution in [0.25, 0.3) is 23.0 Å². The lowest BCUT2D eigenvalue weighted by atomic mass is 10.1. The minimum Gasteiger partial charge on any atom is -0.466 e. The third-order valence-electron chi connectivity index (χ3n) is 3.29. The van der Waals surface area contributed by atoms with Crippen LogP contribution in [0.2, 0.25) is 5.02 Å². The van der Waals surface area contributed by atoms with Gasteiger partial charge in [-0.15, -0.1) is 0 Å². The van der Waals surface area contributed by atoms with Gasteiger partial charge in [-0.25, -0.2) is 9.97 Å². The van der Waals surface area contributed by atoms with Crippen molar-refractivity contribution in [3.05, 3.63) is 41.4 Å². The number of aryl methyl sites for hydroxylation is 1. The minimum atomic E-state index is -0.280. The summed E-state index contributed by atoms with van der Waals surface area (Å²) in [5.74, 6) is 1.04. The van der Waals surface area contributed by atoms with Gasteiger partial charge in [0.2, 0.25) is 5.82 Å². The van der Waals surface area contributed by atoms with Crippen LogP contribution in [0.5, 0.6) is 0 Å². The van der Waals surface area contributed by atoms with E-state index in [0.29, 0.717) is 41.2 Å². The Hall–Kier alpha value is -2.67. The molecular weight excluding hydrogens is 332 g/mol. The molecule has 124 valence electrons. The highest BCUT2D eigenvalue weighted by molar-refractivity contribution is 6.30. The summed E-state index contributed by atoms with van der Waals surface area (Å²) in [6, 6.07) is 7.24. The Bertz CT molecular complexity index is 812. The van der Waals surface area contributed by atoms with Crippen LogP contribution >= 0.6 is 11.6 Å². The molecule has 2 heterocycles. The molecule has 3 aromatic rings. The molecule has 0 bridgehead atoms. The van der Waals surface area contributed by atoms with Gasteiger partial charge in [-0.2, -0.15) is 5.10 Å². The Balaban J connectivity index is 1.92. The summed E-state index contributed by atoms with van der Waals surface area (Å²) in [6.45, 7) is 2.12. The molecule has 0 saturated carbocycles. The van der Waals surface area contributed by atoms with Crippen LogP contribution in [0.1, 0.15) is 19.1 Å². The zero-order chi connectivity index (χ0) is 16.9. The number of hydrogen-bond acceptors (Lipinski definition) is 6. The lowest BCUT2D eigenvalue weighted by Crippen LogP contribution is -2.05. The van der Waals surface area contributed by atoms with Crippen molar-refractivity contribution in [3.8, 4) is 23.0 Å². The molecule has 1 aromatic carbocycles. The van der Waals surface area contributed by atoms with Crippen LogP contribution in [-0.4, -0.2) is 32.7 Å².